The summed E-state index contributed by atoms with van der Waals surface area (Å²) in [6, 6.07) is 6.59. The van der Waals surface area contributed by atoms with E-state index in [9.17, 15) is 13.6 Å². The molecule has 30 heavy (non-hydrogen) atoms. The fourth-order valence-corrected chi connectivity index (χ4v) is 3.12. The van der Waals surface area contributed by atoms with Gasteiger partial charge in [0, 0.05) is 17.8 Å². The van der Waals surface area contributed by atoms with Crippen LogP contribution in [0.1, 0.15) is 26.8 Å². The lowest BCUT2D eigenvalue weighted by atomic mass is 10.1. The molecular weight excluding hydrogens is 390 g/mol. The number of rotatable bonds is 6. The van der Waals surface area contributed by atoms with E-state index >= 15 is 0 Å². The molecule has 0 radical (unpaired) electrons. The summed E-state index contributed by atoms with van der Waals surface area (Å²) in [4.78, 5) is 12.4. The van der Waals surface area contributed by atoms with Crippen LogP contribution in [0.2, 0.25) is 0 Å². The first-order chi connectivity index (χ1) is 14.3. The zero-order valence-electron chi connectivity index (χ0n) is 16.9. The van der Waals surface area contributed by atoms with E-state index in [0.717, 1.165) is 17.7 Å². The number of hydrogen-bond donors (Lipinski definition) is 2. The number of nitrogens with zero attached hydrogens (tertiary/aromatic N) is 2. The molecule has 156 valence electrons. The Morgan fingerprint density at radius 2 is 1.97 bits per heavy atom. The molecule has 8 heteroatoms. The summed E-state index contributed by atoms with van der Waals surface area (Å²) >= 11 is 0. The first-order valence-electron chi connectivity index (χ1n) is 9.29. The predicted octanol–water partition coefficient (Wildman–Crippen LogP) is 5.17. The van der Waals surface area contributed by atoms with Crippen LogP contribution in [0.4, 0.5) is 14.6 Å². The average Bonchev–Trinajstić information content (AvgIpc) is 3.16. The van der Waals surface area contributed by atoms with Gasteiger partial charge in [-0.3, -0.25) is 4.79 Å². The van der Waals surface area contributed by atoms with Crippen LogP contribution >= 0.6 is 0 Å². The lowest BCUT2D eigenvalue weighted by molar-refractivity contribution is 0.381. The highest BCUT2D eigenvalue weighted by atomic mass is 19.1. The van der Waals surface area contributed by atoms with Crippen molar-refractivity contribution in [2.75, 3.05) is 5.73 Å². The van der Waals surface area contributed by atoms with Gasteiger partial charge in [0.05, 0.1) is 5.39 Å². The number of nitrogen functional groups attached to an aromatic ring is 1. The maximum absolute atomic E-state index is 13.9. The summed E-state index contributed by atoms with van der Waals surface area (Å²) in [5.41, 5.74) is 7.60. The van der Waals surface area contributed by atoms with E-state index in [4.69, 9.17) is 10.5 Å². The standard InChI is InChI=1S/C22H22F2N4O2/c1-5-16(23)20(17(24)6-2)30-14-9-7-13(8-10-14)15-11-28(12(3)4)19-18(15)21(25)26-27-22(19)29/h5-12H,1H2,2-4H3,(H2,25,26)(H,27,29)/b17-6+,20-16-. The average molecular weight is 412 g/mol. The summed E-state index contributed by atoms with van der Waals surface area (Å²) in [5, 5.41) is 6.82. The molecule has 0 aliphatic carbocycles. The van der Waals surface area contributed by atoms with Gasteiger partial charge in [0.25, 0.3) is 5.56 Å². The van der Waals surface area contributed by atoms with Crippen LogP contribution < -0.4 is 16.0 Å². The Bertz CT molecular complexity index is 1220. The van der Waals surface area contributed by atoms with Crippen molar-refractivity contribution in [3.63, 3.8) is 0 Å². The Kier molecular flexibility index (Phi) is 5.86. The van der Waals surface area contributed by atoms with Crippen molar-refractivity contribution in [1.29, 1.82) is 0 Å². The fourth-order valence-electron chi connectivity index (χ4n) is 3.12. The summed E-state index contributed by atoms with van der Waals surface area (Å²) in [6.07, 6.45) is 3.81. The Labute approximate surface area is 172 Å². The van der Waals surface area contributed by atoms with E-state index in [2.05, 4.69) is 16.8 Å². The van der Waals surface area contributed by atoms with Crippen LogP contribution in [0.15, 0.2) is 71.4 Å². The summed E-state index contributed by atoms with van der Waals surface area (Å²) in [7, 11) is 0. The number of halogens is 2. The van der Waals surface area contributed by atoms with Crippen molar-refractivity contribution in [3.05, 3.63) is 77.0 Å². The normalized spacial score (nSPS) is 12.9. The van der Waals surface area contributed by atoms with Gasteiger partial charge in [0.1, 0.15) is 11.3 Å². The van der Waals surface area contributed by atoms with Crippen molar-refractivity contribution in [2.45, 2.75) is 26.8 Å². The van der Waals surface area contributed by atoms with Gasteiger partial charge in [-0.05, 0) is 50.6 Å². The molecule has 1 aromatic carbocycles. The zero-order valence-corrected chi connectivity index (χ0v) is 16.9. The minimum atomic E-state index is -0.909. The number of ether oxygens (including phenoxy) is 1. The molecule has 3 rings (SSSR count). The molecule has 2 heterocycles. The van der Waals surface area contributed by atoms with Crippen molar-refractivity contribution < 1.29 is 13.5 Å². The molecule has 0 saturated carbocycles. The van der Waals surface area contributed by atoms with E-state index in [-0.39, 0.29) is 23.2 Å². The van der Waals surface area contributed by atoms with Crippen LogP contribution in [0.3, 0.4) is 0 Å². The largest absolute Gasteiger partial charge is 0.451 e. The molecule has 0 spiro atoms. The van der Waals surface area contributed by atoms with Gasteiger partial charge in [-0.2, -0.15) is 5.10 Å². The Morgan fingerprint density at radius 3 is 2.53 bits per heavy atom. The quantitative estimate of drug-likeness (QED) is 0.432. The van der Waals surface area contributed by atoms with Crippen molar-refractivity contribution in [2.24, 2.45) is 0 Å². The van der Waals surface area contributed by atoms with Gasteiger partial charge in [0.2, 0.25) is 0 Å². The Hall–Kier alpha value is -3.68. The first kappa shape index (κ1) is 21.0. The van der Waals surface area contributed by atoms with Gasteiger partial charge < -0.3 is 15.0 Å². The molecule has 3 aromatic rings. The van der Waals surface area contributed by atoms with Crippen LogP contribution in [-0.2, 0) is 0 Å². The molecule has 3 N–H and O–H groups in total. The molecule has 0 fully saturated rings. The Morgan fingerprint density at radius 1 is 1.30 bits per heavy atom. The third kappa shape index (κ3) is 3.76. The van der Waals surface area contributed by atoms with Gasteiger partial charge >= 0.3 is 0 Å². The summed E-state index contributed by atoms with van der Waals surface area (Å²) < 4.78 is 35.0. The SMILES string of the molecule is C=C/C(F)=C(Oc1ccc(-c2cn(C(C)C)c3c(=O)[nH]nc(N)c23)cc1)\C(F)=C/C. The zero-order chi connectivity index (χ0) is 22.0. The summed E-state index contributed by atoms with van der Waals surface area (Å²) in [6.45, 7) is 8.64. The van der Waals surface area contributed by atoms with Gasteiger partial charge in [-0.15, -0.1) is 0 Å². The minimum absolute atomic E-state index is 0.0186. The molecule has 6 nitrogen and oxygen atoms in total. The van der Waals surface area contributed by atoms with Crippen LogP contribution in [0, 0.1) is 0 Å². The third-order valence-electron chi connectivity index (χ3n) is 4.59. The van der Waals surface area contributed by atoms with E-state index in [1.807, 2.05) is 24.6 Å². The number of nitrogens with one attached hydrogen (secondary N) is 1. The first-order valence-corrected chi connectivity index (χ1v) is 9.29. The second-order valence-corrected chi connectivity index (χ2v) is 6.85. The number of fused-ring (bicyclic) bond motifs is 1. The number of anilines is 1. The van der Waals surface area contributed by atoms with Crippen LogP contribution in [-0.4, -0.2) is 14.8 Å². The molecule has 0 aliphatic heterocycles. The fraction of sp³-hybridized carbons (Fsp3) is 0.182. The minimum Gasteiger partial charge on any atom is -0.451 e. The second kappa shape index (κ2) is 8.36. The molecule has 2 aromatic heterocycles. The third-order valence-corrected chi connectivity index (χ3v) is 4.59. The molecular formula is C22H22F2N4O2. The molecule has 0 bridgehead atoms. The monoisotopic (exact) mass is 412 g/mol. The molecule has 0 saturated heterocycles. The number of benzene rings is 1. The smallest absolute Gasteiger partial charge is 0.288 e. The molecule has 0 atom stereocenters. The lowest BCUT2D eigenvalue weighted by Gasteiger charge is -2.10. The maximum atomic E-state index is 13.9. The number of aromatic nitrogens is 3. The van der Waals surface area contributed by atoms with E-state index < -0.39 is 17.4 Å². The van der Waals surface area contributed by atoms with Crippen molar-refractivity contribution >= 4 is 16.7 Å². The predicted molar refractivity (Wildman–Crippen MR) is 114 cm³/mol. The summed E-state index contributed by atoms with van der Waals surface area (Å²) in [5.74, 6) is -1.86. The van der Waals surface area contributed by atoms with Gasteiger partial charge in [-0.25, -0.2) is 13.9 Å². The maximum Gasteiger partial charge on any atom is 0.288 e. The van der Waals surface area contributed by atoms with Crippen molar-refractivity contribution in [3.8, 4) is 16.9 Å². The van der Waals surface area contributed by atoms with Gasteiger partial charge in [0.15, 0.2) is 23.2 Å². The van der Waals surface area contributed by atoms with E-state index in [1.54, 1.807) is 24.3 Å². The lowest BCUT2D eigenvalue weighted by Crippen LogP contribution is -2.14. The molecule has 0 aliphatic rings. The number of allylic oxidation sites excluding steroid dienone is 4. The second-order valence-electron chi connectivity index (χ2n) is 6.85. The van der Waals surface area contributed by atoms with E-state index in [1.165, 1.54) is 6.92 Å². The topological polar surface area (TPSA) is 85.9 Å². The van der Waals surface area contributed by atoms with Gasteiger partial charge in [-0.1, -0.05) is 18.7 Å². The number of hydrogen-bond acceptors (Lipinski definition) is 4. The highest BCUT2D eigenvalue weighted by molar-refractivity contribution is 6.02. The van der Waals surface area contributed by atoms with Crippen LogP contribution in [0.25, 0.3) is 22.0 Å². The highest BCUT2D eigenvalue weighted by Gasteiger charge is 2.19. The van der Waals surface area contributed by atoms with Crippen molar-refractivity contribution in [1.82, 2.24) is 14.8 Å². The van der Waals surface area contributed by atoms with Crippen LogP contribution in [0.5, 0.6) is 5.75 Å². The van der Waals surface area contributed by atoms with E-state index in [0.29, 0.717) is 16.5 Å². The number of H-pyrrole nitrogens is 1. The number of nitrogens with two attached hydrogens (primary N) is 1. The molecule has 0 amide bonds. The Balaban J connectivity index is 2.08. The highest BCUT2D eigenvalue weighted by Crippen LogP contribution is 2.34. The number of aromatic amines is 1. The molecule has 0 unspecified atom stereocenters.